The lowest BCUT2D eigenvalue weighted by molar-refractivity contribution is -0.141. The zero-order valence-corrected chi connectivity index (χ0v) is 8.48. The van der Waals surface area contributed by atoms with Gasteiger partial charge in [0.1, 0.15) is 0 Å². The second-order valence-electron chi connectivity index (χ2n) is 3.85. The second kappa shape index (κ2) is 4.58. The first-order chi connectivity index (χ1) is 6.86. The van der Waals surface area contributed by atoms with Gasteiger partial charge < -0.3 is 9.47 Å². The van der Waals surface area contributed by atoms with Gasteiger partial charge in [0.15, 0.2) is 0 Å². The molecule has 0 spiro atoms. The van der Waals surface area contributed by atoms with Gasteiger partial charge in [0.2, 0.25) is 0 Å². The van der Waals surface area contributed by atoms with Gasteiger partial charge in [-0.25, -0.2) is 0 Å². The molecule has 1 heterocycles. The van der Waals surface area contributed by atoms with Crippen molar-refractivity contribution in [3.8, 4) is 0 Å². The van der Waals surface area contributed by atoms with Gasteiger partial charge in [-0.05, 0) is 5.56 Å². The van der Waals surface area contributed by atoms with Crippen LogP contribution in [-0.4, -0.2) is 19.3 Å². The van der Waals surface area contributed by atoms with Gasteiger partial charge in [-0.2, -0.15) is 0 Å². The molecule has 1 aliphatic heterocycles. The Hall–Kier alpha value is -0.860. The van der Waals surface area contributed by atoms with Crippen LogP contribution in [-0.2, 0) is 16.1 Å². The number of rotatable bonds is 4. The molecule has 1 aliphatic rings. The van der Waals surface area contributed by atoms with Gasteiger partial charge in [-0.15, -0.1) is 0 Å². The molecule has 0 bridgehead atoms. The van der Waals surface area contributed by atoms with Gasteiger partial charge in [-0.1, -0.05) is 37.3 Å². The first-order valence-corrected chi connectivity index (χ1v) is 5.09. The van der Waals surface area contributed by atoms with Crippen molar-refractivity contribution < 1.29 is 9.47 Å². The summed E-state index contributed by atoms with van der Waals surface area (Å²) in [7, 11) is 0. The maximum absolute atomic E-state index is 5.57. The van der Waals surface area contributed by atoms with Crippen molar-refractivity contribution in [3.05, 3.63) is 35.9 Å². The van der Waals surface area contributed by atoms with E-state index in [0.29, 0.717) is 18.6 Å². The normalized spacial score (nSPS) is 25.8. The summed E-state index contributed by atoms with van der Waals surface area (Å²) in [5.41, 5.74) is 1.22. The van der Waals surface area contributed by atoms with E-state index in [1.54, 1.807) is 0 Å². The lowest BCUT2D eigenvalue weighted by atomic mass is 10.0. The number of ether oxygens (including phenoxy) is 2. The fraction of sp³-hybridized carbons (Fsp3) is 0.500. The average Bonchev–Trinajstić information content (AvgIpc) is 2.24. The molecule has 0 unspecified atom stereocenters. The Morgan fingerprint density at radius 1 is 1.36 bits per heavy atom. The minimum absolute atomic E-state index is 0.318. The molecule has 0 N–H and O–H groups in total. The van der Waals surface area contributed by atoms with Crippen LogP contribution in [0.5, 0.6) is 0 Å². The molecule has 0 aliphatic carbocycles. The molecule has 14 heavy (non-hydrogen) atoms. The number of hydrogen-bond acceptors (Lipinski definition) is 2. The summed E-state index contributed by atoms with van der Waals surface area (Å²) >= 11 is 0. The molecule has 2 heteroatoms. The summed E-state index contributed by atoms with van der Waals surface area (Å²) < 4.78 is 10.9. The summed E-state index contributed by atoms with van der Waals surface area (Å²) in [5, 5.41) is 0. The van der Waals surface area contributed by atoms with Crippen LogP contribution >= 0.6 is 0 Å². The van der Waals surface area contributed by atoms with Crippen LogP contribution in [0.15, 0.2) is 30.3 Å². The van der Waals surface area contributed by atoms with Gasteiger partial charge in [-0.3, -0.25) is 0 Å². The topological polar surface area (TPSA) is 18.5 Å². The molecule has 0 saturated carbocycles. The van der Waals surface area contributed by atoms with E-state index >= 15 is 0 Å². The van der Waals surface area contributed by atoms with E-state index in [4.69, 9.17) is 9.47 Å². The van der Waals surface area contributed by atoms with Gasteiger partial charge >= 0.3 is 0 Å². The Labute approximate surface area is 84.8 Å². The van der Waals surface area contributed by atoms with Crippen LogP contribution in [0.4, 0.5) is 0 Å². The average molecular weight is 192 g/mol. The minimum Gasteiger partial charge on any atom is -0.375 e. The van der Waals surface area contributed by atoms with Crippen LogP contribution in [0.25, 0.3) is 0 Å². The summed E-state index contributed by atoms with van der Waals surface area (Å²) in [4.78, 5) is 0. The fourth-order valence-corrected chi connectivity index (χ4v) is 1.50. The summed E-state index contributed by atoms with van der Waals surface area (Å²) in [6.45, 7) is 4.49. The summed E-state index contributed by atoms with van der Waals surface area (Å²) in [5.74, 6) is 0.658. The van der Waals surface area contributed by atoms with Gasteiger partial charge in [0.05, 0.1) is 25.9 Å². The van der Waals surface area contributed by atoms with E-state index in [-0.39, 0.29) is 0 Å². The van der Waals surface area contributed by atoms with Crippen LogP contribution in [0.3, 0.4) is 0 Å². The van der Waals surface area contributed by atoms with E-state index < -0.39 is 0 Å². The van der Waals surface area contributed by atoms with Crippen molar-refractivity contribution >= 4 is 0 Å². The third kappa shape index (κ3) is 2.34. The molecule has 0 aromatic heterocycles. The predicted molar refractivity (Wildman–Crippen MR) is 55.0 cm³/mol. The zero-order valence-electron chi connectivity index (χ0n) is 8.48. The third-order valence-corrected chi connectivity index (χ3v) is 2.60. The van der Waals surface area contributed by atoms with Crippen molar-refractivity contribution in [2.24, 2.45) is 5.92 Å². The highest BCUT2D eigenvalue weighted by atomic mass is 16.5. The molecular weight excluding hydrogens is 176 g/mol. The van der Waals surface area contributed by atoms with Crippen molar-refractivity contribution in [2.45, 2.75) is 19.6 Å². The Morgan fingerprint density at radius 3 is 2.71 bits per heavy atom. The highest BCUT2D eigenvalue weighted by Gasteiger charge is 2.27. The van der Waals surface area contributed by atoms with Crippen molar-refractivity contribution in [1.82, 2.24) is 0 Å². The summed E-state index contributed by atoms with van der Waals surface area (Å²) in [6, 6.07) is 10.2. The standard InChI is InChI=1S/C12H16O2/c1-10-7-14-12(10)9-13-8-11-5-3-2-4-6-11/h2-6,10,12H,7-9H2,1H3/t10-,12+/m0/s1. The molecule has 2 rings (SSSR count). The Kier molecular flexibility index (Phi) is 3.17. The highest BCUT2D eigenvalue weighted by molar-refractivity contribution is 5.13. The molecule has 1 aromatic rings. The molecule has 76 valence electrons. The monoisotopic (exact) mass is 192 g/mol. The summed E-state index contributed by atoms with van der Waals surface area (Å²) in [6.07, 6.45) is 0.318. The molecule has 2 nitrogen and oxygen atoms in total. The molecule has 1 saturated heterocycles. The quantitative estimate of drug-likeness (QED) is 0.728. The number of benzene rings is 1. The molecule has 0 radical (unpaired) electrons. The molecule has 1 aromatic carbocycles. The van der Waals surface area contributed by atoms with Crippen LogP contribution in [0.1, 0.15) is 12.5 Å². The Balaban J connectivity index is 1.68. The van der Waals surface area contributed by atoms with Crippen molar-refractivity contribution in [3.63, 3.8) is 0 Å². The fourth-order valence-electron chi connectivity index (χ4n) is 1.50. The van der Waals surface area contributed by atoms with Crippen LogP contribution in [0.2, 0.25) is 0 Å². The Bertz CT molecular complexity index is 271. The maximum atomic E-state index is 5.57. The smallest absolute Gasteiger partial charge is 0.0856 e. The van der Waals surface area contributed by atoms with E-state index in [2.05, 4.69) is 19.1 Å². The lowest BCUT2D eigenvalue weighted by Crippen LogP contribution is -2.40. The van der Waals surface area contributed by atoms with Crippen LogP contribution < -0.4 is 0 Å². The van der Waals surface area contributed by atoms with Crippen molar-refractivity contribution in [1.29, 1.82) is 0 Å². The first kappa shape index (κ1) is 9.69. The molecular formula is C12H16O2. The SMILES string of the molecule is C[C@H]1CO[C@@H]1COCc1ccccc1. The zero-order chi connectivity index (χ0) is 9.80. The maximum Gasteiger partial charge on any atom is 0.0856 e. The Morgan fingerprint density at radius 2 is 2.14 bits per heavy atom. The molecule has 0 amide bonds. The largest absolute Gasteiger partial charge is 0.375 e. The third-order valence-electron chi connectivity index (χ3n) is 2.60. The van der Waals surface area contributed by atoms with E-state index in [1.807, 2.05) is 18.2 Å². The van der Waals surface area contributed by atoms with Gasteiger partial charge in [0.25, 0.3) is 0 Å². The van der Waals surface area contributed by atoms with E-state index in [1.165, 1.54) is 5.56 Å². The minimum atomic E-state index is 0.318. The van der Waals surface area contributed by atoms with Crippen LogP contribution in [0, 0.1) is 5.92 Å². The predicted octanol–water partition coefficient (Wildman–Crippen LogP) is 2.24. The van der Waals surface area contributed by atoms with E-state index in [0.717, 1.165) is 13.2 Å². The van der Waals surface area contributed by atoms with Crippen molar-refractivity contribution in [2.75, 3.05) is 13.2 Å². The van der Waals surface area contributed by atoms with E-state index in [9.17, 15) is 0 Å². The molecule has 1 fully saturated rings. The van der Waals surface area contributed by atoms with Gasteiger partial charge in [0, 0.05) is 5.92 Å². The number of hydrogen-bond donors (Lipinski definition) is 0. The molecule has 2 atom stereocenters. The lowest BCUT2D eigenvalue weighted by Gasteiger charge is -2.33. The highest BCUT2D eigenvalue weighted by Crippen LogP contribution is 2.19. The second-order valence-corrected chi connectivity index (χ2v) is 3.85. The first-order valence-electron chi connectivity index (χ1n) is 5.09.